The largest absolute Gasteiger partial charge is 0.414 e. The van der Waals surface area contributed by atoms with Crippen LogP contribution in [0.4, 0.5) is 5.82 Å². The van der Waals surface area contributed by atoms with E-state index in [1.807, 2.05) is 29.0 Å². The van der Waals surface area contributed by atoms with Gasteiger partial charge in [0.05, 0.1) is 12.9 Å². The smallest absolute Gasteiger partial charge is 0.256 e. The first-order valence-electron chi connectivity index (χ1n) is 15.3. The molecule has 248 valence electrons. The molecule has 10 nitrogen and oxygen atoms in total. The lowest BCUT2D eigenvalue weighted by Crippen LogP contribution is -2.50. The molecule has 3 heterocycles. The van der Waals surface area contributed by atoms with Crippen molar-refractivity contribution in [2.75, 3.05) is 24.1 Å². The Bertz CT molecular complexity index is 1450. The third-order valence-electron chi connectivity index (χ3n) is 9.26. The predicted molar refractivity (Wildman–Crippen MR) is 190 cm³/mol. The summed E-state index contributed by atoms with van der Waals surface area (Å²) in [6, 6.07) is 9.01. The second kappa shape index (κ2) is 14.1. The molecule has 2 aromatic heterocycles. The van der Waals surface area contributed by atoms with E-state index in [0.29, 0.717) is 35.1 Å². The van der Waals surface area contributed by atoms with Crippen LogP contribution in [0, 0.1) is 0 Å². The molecule has 14 heteroatoms. The number of benzene rings is 1. The second-order valence-electron chi connectivity index (χ2n) is 14.4. The van der Waals surface area contributed by atoms with Crippen molar-refractivity contribution in [1.82, 2.24) is 19.5 Å². The molecule has 3 aromatic rings. The molecule has 45 heavy (non-hydrogen) atoms. The Morgan fingerprint density at radius 2 is 1.64 bits per heavy atom. The van der Waals surface area contributed by atoms with Gasteiger partial charge in [0, 0.05) is 5.56 Å². The maximum Gasteiger partial charge on any atom is 0.256 e. The zero-order valence-electron chi connectivity index (χ0n) is 28.4. The number of nitrogens with zero attached hydrogens (tertiary/aromatic N) is 4. The van der Waals surface area contributed by atoms with Gasteiger partial charge >= 0.3 is 0 Å². The lowest BCUT2D eigenvalue weighted by atomic mass is 10.1. The summed E-state index contributed by atoms with van der Waals surface area (Å²) in [5.41, 5.74) is 1.52. The molecule has 1 aromatic carbocycles. The molecule has 0 saturated carbocycles. The highest BCUT2D eigenvalue weighted by Crippen LogP contribution is 2.44. The average molecular weight is 692 g/mol. The van der Waals surface area contributed by atoms with Crippen LogP contribution in [0.3, 0.4) is 0 Å². The normalized spacial score (nSPS) is 21.4. The van der Waals surface area contributed by atoms with Crippen molar-refractivity contribution in [3.8, 4) is 0 Å². The van der Waals surface area contributed by atoms with Gasteiger partial charge in [-0.1, -0.05) is 81.3 Å². The first-order valence-corrected chi connectivity index (χ1v) is 23.8. The van der Waals surface area contributed by atoms with Crippen LogP contribution in [0.2, 0.25) is 36.3 Å². The van der Waals surface area contributed by atoms with Gasteiger partial charge in [-0.05, 0) is 54.7 Å². The Morgan fingerprint density at radius 3 is 2.27 bits per heavy atom. The van der Waals surface area contributed by atoms with E-state index >= 15 is 0 Å². The number of amides is 1. The number of rotatable bonds is 12. The Hall–Kier alpha value is -1.79. The molecule has 4 atom stereocenters. The highest BCUT2D eigenvalue weighted by atomic mass is 33.1. The highest BCUT2D eigenvalue weighted by Gasteiger charge is 2.52. The molecule has 0 bridgehead atoms. The summed E-state index contributed by atoms with van der Waals surface area (Å²) < 4.78 is 29.2. The topological polar surface area (TPSA) is 110 Å². The van der Waals surface area contributed by atoms with E-state index in [-0.39, 0.29) is 28.2 Å². The molecule has 1 saturated heterocycles. The predicted octanol–water partition coefficient (Wildman–Crippen LogP) is 7.74. The molecule has 1 amide bonds. The summed E-state index contributed by atoms with van der Waals surface area (Å²) >= 11 is 0. The number of anilines is 1. The summed E-state index contributed by atoms with van der Waals surface area (Å²) in [5.74, 6) is 0.539. The van der Waals surface area contributed by atoms with Gasteiger partial charge in [0.1, 0.15) is 30.6 Å². The standard InChI is InChI=1S/C31H49N5O5S2Si2/c1-30(2,3)44(8,9)39-17-22-24(38-20-43-42-7)25(41-45(10,11)31(4,5)6)29(40-22)36-19-34-23-26(32-18-33-27(23)36)35-28(37)21-15-13-12-14-16-21/h12-16,18-19,22,24-25,29H,17,20H2,1-11H3,(H,32,33,35,37)/t22-,24-,25-,29-/m1/s1. The molecule has 4 rings (SSSR count). The molecule has 1 aliphatic heterocycles. The lowest BCUT2D eigenvalue weighted by molar-refractivity contribution is -0.0518. The van der Waals surface area contributed by atoms with Gasteiger partial charge in [0.15, 0.2) is 39.8 Å². The van der Waals surface area contributed by atoms with Crippen molar-refractivity contribution in [1.29, 1.82) is 0 Å². The van der Waals surface area contributed by atoms with Crippen LogP contribution in [0.5, 0.6) is 0 Å². The number of carbonyl (C=O) groups is 1. The molecule has 0 aliphatic carbocycles. The van der Waals surface area contributed by atoms with E-state index in [1.54, 1.807) is 40.0 Å². The third kappa shape index (κ3) is 8.21. The number of nitrogens with one attached hydrogen (secondary N) is 1. The molecular formula is C31H49N5O5S2Si2. The minimum atomic E-state index is -2.30. The second-order valence-corrected chi connectivity index (χ2v) is 26.5. The van der Waals surface area contributed by atoms with Gasteiger partial charge in [0.2, 0.25) is 0 Å². The molecule has 0 radical (unpaired) electrons. The van der Waals surface area contributed by atoms with Gasteiger partial charge in [-0.3, -0.25) is 9.36 Å². The van der Waals surface area contributed by atoms with Gasteiger partial charge < -0.3 is 23.6 Å². The Kier molecular flexibility index (Phi) is 11.3. The van der Waals surface area contributed by atoms with Crippen LogP contribution in [-0.4, -0.2) is 79.2 Å². The minimum absolute atomic E-state index is 0.0418. The molecular weight excluding hydrogens is 643 g/mol. The third-order valence-corrected chi connectivity index (χ3v) is 19.7. The number of aromatic nitrogens is 4. The van der Waals surface area contributed by atoms with Crippen LogP contribution in [-0.2, 0) is 18.3 Å². The zero-order chi connectivity index (χ0) is 33.2. The van der Waals surface area contributed by atoms with E-state index in [2.05, 4.69) is 88.0 Å². The van der Waals surface area contributed by atoms with Gasteiger partial charge in [-0.25, -0.2) is 15.0 Å². The van der Waals surface area contributed by atoms with Gasteiger partial charge in [-0.15, -0.1) is 0 Å². The lowest BCUT2D eigenvalue weighted by Gasteiger charge is -2.41. The molecule has 0 unspecified atom stereocenters. The number of ether oxygens (including phenoxy) is 2. The van der Waals surface area contributed by atoms with Gasteiger partial charge in [-0.2, -0.15) is 0 Å². The summed E-state index contributed by atoms with van der Waals surface area (Å²) in [6.45, 7) is 22.7. The van der Waals surface area contributed by atoms with Crippen LogP contribution in [0.1, 0.15) is 58.1 Å². The van der Waals surface area contributed by atoms with Crippen molar-refractivity contribution in [3.63, 3.8) is 0 Å². The van der Waals surface area contributed by atoms with E-state index in [9.17, 15) is 4.79 Å². The average Bonchev–Trinajstić information content (AvgIpc) is 3.53. The van der Waals surface area contributed by atoms with E-state index in [1.165, 1.54) is 6.33 Å². The van der Waals surface area contributed by atoms with E-state index < -0.39 is 29.0 Å². The van der Waals surface area contributed by atoms with Gasteiger partial charge in [0.25, 0.3) is 5.91 Å². The minimum Gasteiger partial charge on any atom is -0.414 e. The van der Waals surface area contributed by atoms with Crippen LogP contribution < -0.4 is 5.32 Å². The monoisotopic (exact) mass is 691 g/mol. The van der Waals surface area contributed by atoms with Crippen LogP contribution >= 0.6 is 21.6 Å². The fourth-order valence-electron chi connectivity index (χ4n) is 4.47. The van der Waals surface area contributed by atoms with Crippen molar-refractivity contribution in [3.05, 3.63) is 48.5 Å². The molecule has 0 spiro atoms. The van der Waals surface area contributed by atoms with Crippen molar-refractivity contribution >= 4 is 61.1 Å². The fraction of sp³-hybridized carbons (Fsp3) is 0.613. The zero-order valence-corrected chi connectivity index (χ0v) is 32.0. The number of hydrogen-bond acceptors (Lipinski definition) is 10. The summed E-state index contributed by atoms with van der Waals surface area (Å²) in [6.07, 6.45) is 3.36. The van der Waals surface area contributed by atoms with Crippen LogP contribution in [0.15, 0.2) is 43.0 Å². The number of fused-ring (bicyclic) bond motifs is 1. The molecule has 1 N–H and O–H groups in total. The summed E-state index contributed by atoms with van der Waals surface area (Å²) in [4.78, 5) is 26.6. The fourth-order valence-corrected chi connectivity index (χ4v) is 7.53. The Labute approximate surface area is 277 Å². The Balaban J connectivity index is 1.73. The number of hydrogen-bond donors (Lipinski definition) is 1. The van der Waals surface area contributed by atoms with Crippen LogP contribution in [0.25, 0.3) is 11.2 Å². The Morgan fingerprint density at radius 1 is 0.978 bits per heavy atom. The quantitative estimate of drug-likeness (QED) is 0.0877. The molecule has 1 fully saturated rings. The first kappa shape index (κ1) is 36.1. The number of carbonyl (C=O) groups excluding carboxylic acids is 1. The van der Waals surface area contributed by atoms with E-state index in [0.717, 1.165) is 0 Å². The maximum atomic E-state index is 13.0. The summed E-state index contributed by atoms with van der Waals surface area (Å²) in [5, 5.41) is 2.91. The van der Waals surface area contributed by atoms with Crippen molar-refractivity contribution in [2.24, 2.45) is 0 Å². The van der Waals surface area contributed by atoms with E-state index in [4.69, 9.17) is 18.3 Å². The maximum absolute atomic E-state index is 13.0. The first-order chi connectivity index (χ1) is 21.0. The highest BCUT2D eigenvalue weighted by molar-refractivity contribution is 8.76. The SMILES string of the molecule is CSSCO[C@H]1[C@@H](O[Si](C)(C)C(C)(C)C)[C@H](n2cnc3c(NC(=O)c4ccccc4)ncnc32)O[C@@H]1CO[Si](C)(C)C(C)(C)C. The summed E-state index contributed by atoms with van der Waals surface area (Å²) in [7, 11) is -1.08. The van der Waals surface area contributed by atoms with Crippen molar-refractivity contribution in [2.45, 2.75) is 102 Å². The number of imidazole rings is 1. The molecule has 1 aliphatic rings. The van der Waals surface area contributed by atoms with Crippen molar-refractivity contribution < 1.29 is 23.1 Å².